The van der Waals surface area contributed by atoms with Crippen molar-refractivity contribution in [3.8, 4) is 23.1 Å². The number of hydroxylamine groups is 1. The van der Waals surface area contributed by atoms with E-state index in [9.17, 15) is 23.5 Å². The van der Waals surface area contributed by atoms with Crippen LogP contribution in [0.2, 0.25) is 0 Å². The van der Waals surface area contributed by atoms with Gasteiger partial charge in [0.15, 0.2) is 11.4 Å². The summed E-state index contributed by atoms with van der Waals surface area (Å²) in [7, 11) is -0.204. The third kappa shape index (κ3) is 11.4. The Labute approximate surface area is 486 Å². The van der Waals surface area contributed by atoms with Crippen LogP contribution in [0.5, 0.6) is 23.1 Å². The lowest BCUT2D eigenvalue weighted by Crippen LogP contribution is -2.98. The van der Waals surface area contributed by atoms with Gasteiger partial charge in [-0.05, 0) is 147 Å². The number of rotatable bonds is 17. The molecular weight excluding hydrogens is 1070 g/mol. The number of likely N-dealkylation sites (tertiary alicyclic amines) is 2. The summed E-state index contributed by atoms with van der Waals surface area (Å²) in [5, 5.41) is 26.8. The third-order valence-electron chi connectivity index (χ3n) is 19.2. The van der Waals surface area contributed by atoms with Gasteiger partial charge >= 0.3 is 0 Å². The van der Waals surface area contributed by atoms with Gasteiger partial charge < -0.3 is 44.8 Å². The zero-order valence-corrected chi connectivity index (χ0v) is 49.3. The molecule has 5 N–H and O–H groups in total. The summed E-state index contributed by atoms with van der Waals surface area (Å²) in [5.74, 6) is 0.841. The maximum absolute atomic E-state index is 15.1. The van der Waals surface area contributed by atoms with Gasteiger partial charge in [-0.25, -0.2) is 27.5 Å². The van der Waals surface area contributed by atoms with E-state index in [1.54, 1.807) is 19.2 Å². The summed E-state index contributed by atoms with van der Waals surface area (Å²) in [6.45, 7) is 11.6. The number of halogens is 1. The molecule has 6 aromatic rings. The predicted octanol–water partition coefficient (Wildman–Crippen LogP) is 9.96. The van der Waals surface area contributed by atoms with Crippen LogP contribution in [-0.4, -0.2) is 116 Å². The molecule has 1 amide bonds. The first-order chi connectivity index (χ1) is 39.9. The number of allylic oxidation sites excluding steroid dienone is 1. The molecule has 440 valence electrons. The molecule has 19 heteroatoms. The van der Waals surface area contributed by atoms with Gasteiger partial charge in [-0.1, -0.05) is 50.2 Å². The van der Waals surface area contributed by atoms with Crippen LogP contribution >= 0.6 is 0 Å². The first-order valence-electron chi connectivity index (χ1n) is 29.6. The smallest absolute Gasteiger partial charge is 0.268 e. The topological polar surface area (TPSA) is 202 Å². The Balaban J connectivity index is 0.788. The highest BCUT2D eigenvalue weighted by Crippen LogP contribution is 2.55. The van der Waals surface area contributed by atoms with Crippen LogP contribution in [-0.2, 0) is 23.0 Å². The number of aromatic nitrogens is 3. The van der Waals surface area contributed by atoms with Crippen molar-refractivity contribution in [3.05, 3.63) is 130 Å². The van der Waals surface area contributed by atoms with Gasteiger partial charge in [0.2, 0.25) is 0 Å². The molecule has 2 aromatic heterocycles. The maximum atomic E-state index is 15.1. The second kappa shape index (κ2) is 22.8. The van der Waals surface area contributed by atoms with E-state index in [1.165, 1.54) is 61.8 Å². The van der Waals surface area contributed by atoms with Crippen LogP contribution in [0.1, 0.15) is 135 Å². The molecule has 83 heavy (non-hydrogen) atoms. The number of aromatic amines is 1. The number of aliphatic hydroxyl groups is 1. The number of quaternary nitrogens is 1. The zero-order valence-electron chi connectivity index (χ0n) is 48.5. The highest BCUT2D eigenvalue weighted by molar-refractivity contribution is 7.90. The zero-order chi connectivity index (χ0) is 58.0. The molecule has 3 saturated heterocycles. The number of imidazole rings is 1. The number of amides is 1. The molecule has 3 aliphatic heterocycles. The number of fused-ring (bicyclic) bond motifs is 4. The number of pyridine rings is 1. The Bertz CT molecular complexity index is 3530. The van der Waals surface area contributed by atoms with Gasteiger partial charge in [-0.15, -0.1) is 0 Å². The van der Waals surface area contributed by atoms with Crippen LogP contribution in [0.15, 0.2) is 96.2 Å². The molecular formula is C64H78FN9O8S. The molecule has 4 aromatic carbocycles. The summed E-state index contributed by atoms with van der Waals surface area (Å²) in [5.41, 5.74) is 5.98. The standard InChI is InChI=1S/C64H78FN9O8S/c1-39(2)47-9-7-8-10-48(47)53-28-42-27-44(73(36-42)35-41-11-14-46(80-5)15-12-41)37-74(53)45-32-64(33-45)23-25-72(26-24-64)43-13-16-49(55(29-43)82-56-30-50-51(65)17-18-52(50)69-62(56)81-6)61(75)70-83(78,79)57-31-54(71(4)77)58(60-59(57)67-38-68-60)66-34-40-19-21-63(3,76)22-20-40/h7-17,29-31,38-40,42,44-45,53,66,71,76H,18-28,32-37H2,1-6H3,(H,67,68)(H,70,75)/t40?,42?,44?,53-,63?/m0/s1. The van der Waals surface area contributed by atoms with E-state index in [0.29, 0.717) is 66.2 Å². The van der Waals surface area contributed by atoms with Gasteiger partial charge in [0.05, 0.1) is 50.0 Å². The normalized spacial score (nSPS) is 24.1. The highest BCUT2D eigenvalue weighted by atomic mass is 32.2. The first-order valence-corrected chi connectivity index (χ1v) is 31.1. The van der Waals surface area contributed by atoms with Crippen LogP contribution in [0.3, 0.4) is 0 Å². The molecule has 2 saturated carbocycles. The Morgan fingerprint density at radius 1 is 0.952 bits per heavy atom. The van der Waals surface area contributed by atoms with Crippen molar-refractivity contribution in [3.63, 3.8) is 0 Å². The van der Waals surface area contributed by atoms with E-state index in [0.717, 1.165) is 89.1 Å². The molecule has 2 bridgehead atoms. The fourth-order valence-corrected chi connectivity index (χ4v) is 15.7. The average molecular weight is 1150 g/mol. The van der Waals surface area contributed by atoms with E-state index >= 15 is 4.39 Å². The van der Waals surface area contributed by atoms with Gasteiger partial charge in [-0.2, -0.15) is 0 Å². The molecule has 1 spiro atoms. The van der Waals surface area contributed by atoms with E-state index < -0.39 is 27.4 Å². The van der Waals surface area contributed by atoms with Crippen molar-refractivity contribution in [2.75, 3.05) is 64.2 Å². The fraction of sp³-hybridized carbons (Fsp3) is 0.484. The number of carbonyl (C=O) groups is 1. The maximum Gasteiger partial charge on any atom is 0.268 e. The number of sulfonamides is 1. The minimum Gasteiger partial charge on any atom is -0.629 e. The fourth-order valence-electron chi connectivity index (χ4n) is 14.5. The lowest BCUT2D eigenvalue weighted by molar-refractivity contribution is -0.750. The lowest BCUT2D eigenvalue weighted by atomic mass is 9.59. The summed E-state index contributed by atoms with van der Waals surface area (Å²) in [4.78, 5) is 34.1. The first kappa shape index (κ1) is 56.9. The van der Waals surface area contributed by atoms with Crippen LogP contribution in [0, 0.1) is 22.5 Å². The second-order valence-corrected chi connectivity index (χ2v) is 26.7. The average Bonchev–Trinajstić information content (AvgIpc) is 3.38. The summed E-state index contributed by atoms with van der Waals surface area (Å²) < 4.78 is 64.2. The number of methoxy groups -OCH3 is 2. The number of anilines is 2. The van der Waals surface area contributed by atoms with Crippen molar-refractivity contribution in [1.29, 1.82) is 0 Å². The van der Waals surface area contributed by atoms with Gasteiger partial charge in [-0.3, -0.25) is 14.6 Å². The Morgan fingerprint density at radius 3 is 2.43 bits per heavy atom. The largest absolute Gasteiger partial charge is 0.629 e. The van der Waals surface area contributed by atoms with E-state index in [-0.39, 0.29) is 67.4 Å². The molecule has 6 aliphatic rings. The SMILES string of the molecule is COc1ccc(CN2CC3CC2CN(C2CC4(CCN(c5ccc(C(=O)NS(=O)(=O)c6cc([NH+](C)[O-])c(NCC7CCC(C)(O)CC7)c7[nH]cnc67)c(Oc6cc7c(nc6OC)CC=C7F)c5)CC4)C2)[C@H](c2ccccc2C(C)C)C3)cc1. The molecule has 5 fully saturated rings. The molecule has 12 rings (SSSR count). The molecule has 17 nitrogen and oxygen atoms in total. The predicted molar refractivity (Wildman–Crippen MR) is 319 cm³/mol. The number of ether oxygens (including phenoxy) is 3. The number of benzene rings is 4. The summed E-state index contributed by atoms with van der Waals surface area (Å²) >= 11 is 0. The summed E-state index contributed by atoms with van der Waals surface area (Å²) in [6, 6.07) is 26.8. The molecule has 4 atom stereocenters. The minimum absolute atomic E-state index is 0.0176. The number of nitrogens with zero attached hydrogens (tertiary/aromatic N) is 5. The Kier molecular flexibility index (Phi) is 15.6. The Morgan fingerprint density at radius 2 is 1.71 bits per heavy atom. The number of carbonyl (C=O) groups excluding carboxylic acids is 1. The third-order valence-corrected chi connectivity index (χ3v) is 20.6. The second-order valence-electron chi connectivity index (χ2n) is 25.1. The molecule has 5 heterocycles. The van der Waals surface area contributed by atoms with E-state index in [1.807, 2.05) is 13.0 Å². The quantitative estimate of drug-likeness (QED) is 0.0540. The van der Waals surface area contributed by atoms with Gasteiger partial charge in [0.25, 0.3) is 21.8 Å². The van der Waals surface area contributed by atoms with Crippen molar-refractivity contribution in [1.82, 2.24) is 29.5 Å². The van der Waals surface area contributed by atoms with Crippen molar-refractivity contribution in [2.24, 2.45) is 17.3 Å². The number of nitrogens with one attached hydrogen (secondary N) is 4. The summed E-state index contributed by atoms with van der Waals surface area (Å²) in [6.07, 6.45) is 12.5. The molecule has 3 aliphatic carbocycles. The Hall–Kier alpha value is -6.61. The lowest BCUT2D eigenvalue weighted by Gasteiger charge is -2.57. The minimum atomic E-state index is -4.70. The molecule has 3 unspecified atom stereocenters. The van der Waals surface area contributed by atoms with Gasteiger partial charge in [0, 0.05) is 87.2 Å². The van der Waals surface area contributed by atoms with Crippen molar-refractivity contribution in [2.45, 2.75) is 132 Å². The van der Waals surface area contributed by atoms with Crippen molar-refractivity contribution < 1.29 is 42.0 Å². The van der Waals surface area contributed by atoms with Crippen LogP contribution in [0.25, 0.3) is 16.9 Å². The van der Waals surface area contributed by atoms with Crippen LogP contribution in [0.4, 0.5) is 21.5 Å². The van der Waals surface area contributed by atoms with E-state index in [4.69, 9.17) is 14.2 Å². The number of H-pyrrole nitrogens is 1. The number of hydrogen-bond donors (Lipinski definition) is 5. The van der Waals surface area contributed by atoms with E-state index in [2.05, 4.69) is 102 Å². The van der Waals surface area contributed by atoms with Gasteiger partial charge in [0.1, 0.15) is 33.4 Å². The number of piperidine rings is 1. The number of hydrogen-bond acceptors (Lipinski definition) is 14. The van der Waals surface area contributed by atoms with Crippen LogP contribution < -0.4 is 34.2 Å². The highest BCUT2D eigenvalue weighted by Gasteiger charge is 2.52. The van der Waals surface area contributed by atoms with Crippen molar-refractivity contribution >= 4 is 49.9 Å². The monoisotopic (exact) mass is 1150 g/mol. The molecule has 0 radical (unpaired) electrons.